The summed E-state index contributed by atoms with van der Waals surface area (Å²) in [7, 11) is 0. The largest absolute Gasteiger partial charge is 0.310 e. The molecule has 1 aromatic heterocycles. The molecule has 0 spiro atoms. The van der Waals surface area contributed by atoms with Gasteiger partial charge in [0.1, 0.15) is 0 Å². The molecule has 1 atom stereocenters. The van der Waals surface area contributed by atoms with Crippen LogP contribution in [0.3, 0.4) is 0 Å². The summed E-state index contributed by atoms with van der Waals surface area (Å²) in [6.45, 7) is 5.34. The molecule has 0 aliphatic rings. The Hall–Kier alpha value is -0.640. The van der Waals surface area contributed by atoms with E-state index in [1.807, 2.05) is 0 Å². The average molecular weight is 324 g/mol. The van der Waals surface area contributed by atoms with Crippen molar-refractivity contribution in [3.8, 4) is 0 Å². The second kappa shape index (κ2) is 6.50. The number of hydrogen-bond acceptors (Lipinski definition) is 2. The van der Waals surface area contributed by atoms with Crippen LogP contribution in [0, 0.1) is 6.92 Å². The monoisotopic (exact) mass is 323 g/mol. The second-order valence-electron chi connectivity index (χ2n) is 4.42. The second-order valence-corrected chi connectivity index (χ2v) is 6.01. The van der Waals surface area contributed by atoms with Crippen LogP contribution in [-0.2, 0) is 6.42 Å². The molecule has 1 heterocycles. The predicted octanol–water partition coefficient (Wildman–Crippen LogP) is 4.71. The summed E-state index contributed by atoms with van der Waals surface area (Å²) in [6.07, 6.45) is 1.02. The van der Waals surface area contributed by atoms with Crippen LogP contribution in [0.15, 0.2) is 39.5 Å². The fourth-order valence-electron chi connectivity index (χ4n) is 2.15. The van der Waals surface area contributed by atoms with E-state index in [0.29, 0.717) is 6.04 Å². The summed E-state index contributed by atoms with van der Waals surface area (Å²) >= 11 is 5.42. The Labute approximate surface area is 121 Å². The molecule has 3 heteroatoms. The van der Waals surface area contributed by atoms with Crippen LogP contribution in [0.25, 0.3) is 0 Å². The van der Waals surface area contributed by atoms with Crippen molar-refractivity contribution in [3.63, 3.8) is 0 Å². The molecule has 0 radical (unpaired) electrons. The van der Waals surface area contributed by atoms with Crippen molar-refractivity contribution >= 4 is 27.3 Å². The first-order valence-electron chi connectivity index (χ1n) is 6.21. The van der Waals surface area contributed by atoms with Crippen molar-refractivity contribution in [2.24, 2.45) is 0 Å². The molecule has 0 aliphatic carbocycles. The molecule has 1 unspecified atom stereocenters. The lowest BCUT2D eigenvalue weighted by molar-refractivity contribution is 0.548. The van der Waals surface area contributed by atoms with Crippen molar-refractivity contribution in [1.82, 2.24) is 5.32 Å². The van der Waals surface area contributed by atoms with E-state index < -0.39 is 0 Å². The normalized spacial score (nSPS) is 12.6. The van der Waals surface area contributed by atoms with Gasteiger partial charge in [0.15, 0.2) is 0 Å². The molecule has 0 aliphatic heterocycles. The van der Waals surface area contributed by atoms with Gasteiger partial charge in [-0.05, 0) is 53.4 Å². The summed E-state index contributed by atoms with van der Waals surface area (Å²) < 4.78 is 1.20. The topological polar surface area (TPSA) is 12.0 Å². The first kappa shape index (κ1) is 13.8. The van der Waals surface area contributed by atoms with Gasteiger partial charge < -0.3 is 5.32 Å². The number of benzene rings is 1. The number of halogens is 1. The third-order valence-corrected chi connectivity index (χ3v) is 4.76. The minimum atomic E-state index is 0.403. The molecule has 96 valence electrons. The van der Waals surface area contributed by atoms with Crippen molar-refractivity contribution in [1.29, 1.82) is 0 Å². The average Bonchev–Trinajstić information content (AvgIpc) is 2.78. The van der Waals surface area contributed by atoms with E-state index in [4.69, 9.17) is 0 Å². The Morgan fingerprint density at radius 2 is 2.06 bits per heavy atom. The predicted molar refractivity (Wildman–Crippen MR) is 83.3 cm³/mol. The number of hydrogen-bond donors (Lipinski definition) is 1. The minimum absolute atomic E-state index is 0.403. The molecule has 1 aromatic carbocycles. The van der Waals surface area contributed by atoms with Gasteiger partial charge in [0, 0.05) is 10.5 Å². The molecule has 0 fully saturated rings. The molecule has 0 saturated heterocycles. The lowest BCUT2D eigenvalue weighted by Crippen LogP contribution is -2.23. The van der Waals surface area contributed by atoms with Crippen LogP contribution >= 0.6 is 27.3 Å². The van der Waals surface area contributed by atoms with Gasteiger partial charge in [-0.25, -0.2) is 0 Å². The molecule has 1 nitrogen and oxygen atoms in total. The number of aryl methyl sites for hydroxylation is 1. The number of thiophene rings is 1. The van der Waals surface area contributed by atoms with Crippen LogP contribution in [0.1, 0.15) is 29.7 Å². The van der Waals surface area contributed by atoms with Crippen molar-refractivity contribution < 1.29 is 0 Å². The van der Waals surface area contributed by atoms with Crippen LogP contribution in [-0.4, -0.2) is 6.54 Å². The summed E-state index contributed by atoms with van der Waals surface area (Å²) in [5, 5.41) is 8.07. The lowest BCUT2D eigenvalue weighted by Gasteiger charge is -2.19. The van der Waals surface area contributed by atoms with Gasteiger partial charge in [0.2, 0.25) is 0 Å². The maximum absolute atomic E-state index is 3.63. The first-order valence-corrected chi connectivity index (χ1v) is 7.95. The Balaban J connectivity index is 2.22. The van der Waals surface area contributed by atoms with Gasteiger partial charge in [-0.3, -0.25) is 0 Å². The molecule has 0 bridgehead atoms. The maximum Gasteiger partial charge on any atom is 0.0372 e. The van der Waals surface area contributed by atoms with E-state index in [0.717, 1.165) is 13.0 Å². The number of rotatable bonds is 5. The zero-order chi connectivity index (χ0) is 13.0. The van der Waals surface area contributed by atoms with E-state index >= 15 is 0 Å². The highest BCUT2D eigenvalue weighted by Gasteiger charge is 2.15. The highest BCUT2D eigenvalue weighted by molar-refractivity contribution is 9.10. The molecule has 0 amide bonds. The van der Waals surface area contributed by atoms with Crippen molar-refractivity contribution in [3.05, 3.63) is 56.2 Å². The molecular formula is C15H18BrNS. The van der Waals surface area contributed by atoms with Gasteiger partial charge >= 0.3 is 0 Å². The van der Waals surface area contributed by atoms with E-state index in [2.05, 4.69) is 70.1 Å². The molecule has 18 heavy (non-hydrogen) atoms. The first-order chi connectivity index (χ1) is 8.72. The fourth-order valence-corrected chi connectivity index (χ4v) is 3.50. The Morgan fingerprint density at radius 3 is 2.67 bits per heavy atom. The minimum Gasteiger partial charge on any atom is -0.310 e. The van der Waals surface area contributed by atoms with E-state index in [1.165, 1.54) is 21.2 Å². The van der Waals surface area contributed by atoms with Gasteiger partial charge in [-0.1, -0.05) is 41.1 Å². The van der Waals surface area contributed by atoms with Crippen molar-refractivity contribution in [2.75, 3.05) is 6.54 Å². The molecule has 2 rings (SSSR count). The van der Waals surface area contributed by atoms with Gasteiger partial charge in [0.05, 0.1) is 0 Å². The molecule has 2 aromatic rings. The van der Waals surface area contributed by atoms with Crippen LogP contribution < -0.4 is 5.32 Å². The third kappa shape index (κ3) is 3.22. The molecule has 1 N–H and O–H groups in total. The highest BCUT2D eigenvalue weighted by atomic mass is 79.9. The number of likely N-dealkylation sites (N-methyl/N-ethyl adjacent to an activating group) is 1. The maximum atomic E-state index is 3.63. The van der Waals surface area contributed by atoms with Gasteiger partial charge in [-0.2, -0.15) is 11.3 Å². The lowest BCUT2D eigenvalue weighted by atomic mass is 9.98. The summed E-state index contributed by atoms with van der Waals surface area (Å²) in [5.74, 6) is 0. The molecule has 0 saturated carbocycles. The van der Waals surface area contributed by atoms with E-state index in [1.54, 1.807) is 11.3 Å². The van der Waals surface area contributed by atoms with Crippen LogP contribution in [0.5, 0.6) is 0 Å². The Bertz CT molecular complexity index is 507. The fraction of sp³-hybridized carbons (Fsp3) is 0.333. The van der Waals surface area contributed by atoms with Gasteiger partial charge in [-0.15, -0.1) is 0 Å². The SMILES string of the molecule is CCNC(Cc1ccccc1Br)c1cscc1C. The summed E-state index contributed by atoms with van der Waals surface area (Å²) in [6, 6.07) is 8.87. The quantitative estimate of drug-likeness (QED) is 0.840. The summed E-state index contributed by atoms with van der Waals surface area (Å²) in [5.41, 5.74) is 4.17. The smallest absolute Gasteiger partial charge is 0.0372 e. The van der Waals surface area contributed by atoms with Crippen LogP contribution in [0.4, 0.5) is 0 Å². The Morgan fingerprint density at radius 1 is 1.28 bits per heavy atom. The zero-order valence-corrected chi connectivity index (χ0v) is 13.1. The Kier molecular flexibility index (Phi) is 4.98. The van der Waals surface area contributed by atoms with Crippen molar-refractivity contribution in [2.45, 2.75) is 26.3 Å². The summed E-state index contributed by atoms with van der Waals surface area (Å²) in [4.78, 5) is 0. The standard InChI is InChI=1S/C15H18BrNS/c1-3-17-15(13-10-18-9-11(13)2)8-12-6-4-5-7-14(12)16/h4-7,9-10,15,17H,3,8H2,1-2H3. The zero-order valence-electron chi connectivity index (χ0n) is 10.7. The van der Waals surface area contributed by atoms with Crippen LogP contribution in [0.2, 0.25) is 0 Å². The highest BCUT2D eigenvalue weighted by Crippen LogP contribution is 2.27. The third-order valence-electron chi connectivity index (χ3n) is 3.10. The van der Waals surface area contributed by atoms with E-state index in [-0.39, 0.29) is 0 Å². The number of nitrogens with one attached hydrogen (secondary N) is 1. The van der Waals surface area contributed by atoms with E-state index in [9.17, 15) is 0 Å². The molecular weight excluding hydrogens is 306 g/mol. The van der Waals surface area contributed by atoms with Gasteiger partial charge in [0.25, 0.3) is 0 Å².